The first-order valence-corrected chi connectivity index (χ1v) is 4.96. The molecule has 0 unspecified atom stereocenters. The minimum absolute atomic E-state index is 0.450. The molecule has 0 fully saturated rings. The maximum absolute atomic E-state index is 8.53. The van der Waals surface area contributed by atoms with Crippen molar-refractivity contribution in [3.8, 4) is 6.07 Å². The van der Waals surface area contributed by atoms with Gasteiger partial charge in [0.1, 0.15) is 6.26 Å². The summed E-state index contributed by atoms with van der Waals surface area (Å²) in [6, 6.07) is 9.92. The Balaban J connectivity index is 1.93. The van der Waals surface area contributed by atoms with Crippen molar-refractivity contribution in [3.63, 3.8) is 0 Å². The first-order chi connectivity index (χ1) is 7.88. The zero-order valence-electron chi connectivity index (χ0n) is 8.68. The molecule has 0 saturated heterocycles. The summed E-state index contributed by atoms with van der Waals surface area (Å²) in [5.74, 6) is 0. The maximum Gasteiger partial charge on any atom is 0.128 e. The van der Waals surface area contributed by atoms with E-state index in [4.69, 9.17) is 9.78 Å². The molecule has 2 rings (SSSR count). The third-order valence-electron chi connectivity index (χ3n) is 2.22. The highest BCUT2D eigenvalue weighted by Gasteiger charge is 1.96. The van der Waals surface area contributed by atoms with E-state index >= 15 is 0 Å². The molecule has 0 spiro atoms. The molecule has 0 aliphatic rings. The van der Waals surface area contributed by atoms with Gasteiger partial charge in [0.25, 0.3) is 0 Å². The Hall–Kier alpha value is -2.28. The summed E-state index contributed by atoms with van der Waals surface area (Å²) in [6.45, 7) is 0.682. The molecule has 4 nitrogen and oxygen atoms in total. The molecule has 0 radical (unpaired) electrons. The van der Waals surface area contributed by atoms with Gasteiger partial charge in [-0.25, -0.2) is 0 Å². The molecule has 1 aromatic heterocycles. The second-order valence-corrected chi connectivity index (χ2v) is 3.42. The summed E-state index contributed by atoms with van der Waals surface area (Å²) in [7, 11) is 0. The van der Waals surface area contributed by atoms with E-state index in [-0.39, 0.29) is 0 Å². The largest absolute Gasteiger partial charge is 0.381 e. The summed E-state index contributed by atoms with van der Waals surface area (Å²) in [4.78, 5) is 0. The van der Waals surface area contributed by atoms with Crippen LogP contribution in [0.2, 0.25) is 0 Å². The van der Waals surface area contributed by atoms with Crippen LogP contribution in [0.25, 0.3) is 0 Å². The van der Waals surface area contributed by atoms with Gasteiger partial charge in [0.05, 0.1) is 18.7 Å². The number of rotatable bonds is 4. The van der Waals surface area contributed by atoms with Crippen molar-refractivity contribution in [2.75, 3.05) is 5.32 Å². The van der Waals surface area contributed by atoms with Gasteiger partial charge in [-0.15, -0.1) is 0 Å². The second-order valence-electron chi connectivity index (χ2n) is 3.42. The number of nitriles is 1. The lowest BCUT2D eigenvalue weighted by Gasteiger charge is -2.04. The number of anilines is 1. The van der Waals surface area contributed by atoms with Crippen LogP contribution in [0.1, 0.15) is 11.1 Å². The van der Waals surface area contributed by atoms with Crippen molar-refractivity contribution in [1.29, 1.82) is 5.26 Å². The zero-order valence-corrected chi connectivity index (χ0v) is 8.68. The van der Waals surface area contributed by atoms with Gasteiger partial charge in [0.2, 0.25) is 0 Å². The lowest BCUT2D eigenvalue weighted by molar-refractivity contribution is 0.419. The van der Waals surface area contributed by atoms with Gasteiger partial charge in [-0.05, 0) is 17.7 Å². The number of aromatic nitrogens is 1. The fourth-order valence-corrected chi connectivity index (χ4v) is 1.35. The van der Waals surface area contributed by atoms with Gasteiger partial charge < -0.3 is 9.84 Å². The van der Waals surface area contributed by atoms with Crippen molar-refractivity contribution >= 4 is 5.69 Å². The zero-order chi connectivity index (χ0) is 11.2. The number of nitrogens with zero attached hydrogens (tertiary/aromatic N) is 2. The summed E-state index contributed by atoms with van der Waals surface area (Å²) >= 11 is 0. The Morgan fingerprint density at radius 2 is 2.06 bits per heavy atom. The van der Waals surface area contributed by atoms with Crippen LogP contribution < -0.4 is 5.32 Å². The molecule has 0 aliphatic heterocycles. The summed E-state index contributed by atoms with van der Waals surface area (Å²) < 4.78 is 4.73. The molecule has 0 saturated carbocycles. The molecule has 0 atom stereocenters. The first-order valence-electron chi connectivity index (χ1n) is 4.96. The molecule has 0 aliphatic carbocycles. The maximum atomic E-state index is 8.53. The van der Waals surface area contributed by atoms with Gasteiger partial charge in [-0.1, -0.05) is 17.3 Å². The Morgan fingerprint density at radius 1 is 1.25 bits per heavy atom. The normalized spacial score (nSPS) is 9.69. The monoisotopic (exact) mass is 213 g/mol. The van der Waals surface area contributed by atoms with Crippen molar-refractivity contribution in [2.24, 2.45) is 0 Å². The molecule has 16 heavy (non-hydrogen) atoms. The predicted molar refractivity (Wildman–Crippen MR) is 59.6 cm³/mol. The Labute approximate surface area is 93.5 Å². The fraction of sp³-hybridized carbons (Fsp3) is 0.167. The van der Waals surface area contributed by atoms with E-state index in [0.29, 0.717) is 13.0 Å². The summed E-state index contributed by atoms with van der Waals surface area (Å²) in [6.07, 6.45) is 3.74. The molecule has 80 valence electrons. The van der Waals surface area contributed by atoms with Gasteiger partial charge in [-0.3, -0.25) is 0 Å². The van der Waals surface area contributed by atoms with Crippen LogP contribution in [0.15, 0.2) is 41.2 Å². The average molecular weight is 213 g/mol. The van der Waals surface area contributed by atoms with E-state index in [1.54, 1.807) is 12.5 Å². The van der Waals surface area contributed by atoms with Crippen LogP contribution in [0.3, 0.4) is 0 Å². The van der Waals surface area contributed by atoms with E-state index in [1.165, 1.54) is 0 Å². The van der Waals surface area contributed by atoms with Crippen LogP contribution in [-0.2, 0) is 13.0 Å². The topological polar surface area (TPSA) is 61.9 Å². The molecule has 0 amide bonds. The summed E-state index contributed by atoms with van der Waals surface area (Å²) in [5.41, 5.74) is 3.04. The van der Waals surface area contributed by atoms with Crippen LogP contribution in [0.4, 0.5) is 5.69 Å². The fourth-order valence-electron chi connectivity index (χ4n) is 1.35. The Bertz CT molecular complexity index is 468. The van der Waals surface area contributed by atoms with Crippen molar-refractivity contribution in [3.05, 3.63) is 47.9 Å². The molecule has 1 aromatic carbocycles. The third-order valence-corrected chi connectivity index (χ3v) is 2.22. The van der Waals surface area contributed by atoms with Gasteiger partial charge >= 0.3 is 0 Å². The lowest BCUT2D eigenvalue weighted by Crippen LogP contribution is -1.97. The van der Waals surface area contributed by atoms with Gasteiger partial charge in [0, 0.05) is 17.8 Å². The highest BCUT2D eigenvalue weighted by atomic mass is 16.5. The quantitative estimate of drug-likeness (QED) is 0.846. The number of hydrogen-bond acceptors (Lipinski definition) is 4. The molecule has 0 bridgehead atoms. The number of hydrogen-bond donors (Lipinski definition) is 1. The number of nitrogens with one attached hydrogen (secondary N) is 1. The van der Waals surface area contributed by atoms with E-state index < -0.39 is 0 Å². The van der Waals surface area contributed by atoms with Gasteiger partial charge in [-0.2, -0.15) is 5.26 Å². The average Bonchev–Trinajstić information content (AvgIpc) is 2.82. The molecule has 1 heterocycles. The standard InChI is InChI=1S/C12H11N3O/c13-6-5-10-1-3-12(4-2-10)14-7-11-8-15-16-9-11/h1-4,8-9,14H,5,7H2. The van der Waals surface area contributed by atoms with Crippen LogP contribution in [0, 0.1) is 11.3 Å². The highest BCUT2D eigenvalue weighted by Crippen LogP contribution is 2.11. The van der Waals surface area contributed by atoms with Crippen molar-refractivity contribution in [2.45, 2.75) is 13.0 Å². The van der Waals surface area contributed by atoms with Crippen LogP contribution >= 0.6 is 0 Å². The molecule has 1 N–H and O–H groups in total. The second kappa shape index (κ2) is 4.99. The van der Waals surface area contributed by atoms with E-state index in [1.807, 2.05) is 24.3 Å². The highest BCUT2D eigenvalue weighted by molar-refractivity contribution is 5.45. The van der Waals surface area contributed by atoms with Crippen molar-refractivity contribution < 1.29 is 4.52 Å². The Morgan fingerprint density at radius 3 is 2.69 bits per heavy atom. The van der Waals surface area contributed by atoms with Crippen molar-refractivity contribution in [1.82, 2.24) is 5.16 Å². The third kappa shape index (κ3) is 2.61. The van der Waals surface area contributed by atoms with Crippen LogP contribution in [0.5, 0.6) is 0 Å². The smallest absolute Gasteiger partial charge is 0.128 e. The van der Waals surface area contributed by atoms with Gasteiger partial charge in [0.15, 0.2) is 0 Å². The predicted octanol–water partition coefficient (Wildman–Crippen LogP) is 2.35. The molecule has 4 heteroatoms. The molecular weight excluding hydrogens is 202 g/mol. The van der Waals surface area contributed by atoms with E-state index in [2.05, 4.69) is 16.5 Å². The molecular formula is C12H11N3O. The SMILES string of the molecule is N#CCc1ccc(NCc2cnoc2)cc1. The van der Waals surface area contributed by atoms with E-state index in [9.17, 15) is 0 Å². The molecule has 2 aromatic rings. The van der Waals surface area contributed by atoms with Crippen LogP contribution in [-0.4, -0.2) is 5.16 Å². The lowest BCUT2D eigenvalue weighted by atomic mass is 10.1. The number of benzene rings is 1. The summed E-state index contributed by atoms with van der Waals surface area (Å²) in [5, 5.41) is 15.4. The Kier molecular flexibility index (Phi) is 3.19. The minimum atomic E-state index is 0.450. The van der Waals surface area contributed by atoms with E-state index in [0.717, 1.165) is 16.8 Å². The minimum Gasteiger partial charge on any atom is -0.381 e. The first kappa shape index (κ1) is 10.2.